The fourth-order valence-corrected chi connectivity index (χ4v) is 1.97. The Kier molecular flexibility index (Phi) is 4.34. The highest BCUT2D eigenvalue weighted by Gasteiger charge is 2.30. The van der Waals surface area contributed by atoms with Crippen LogP contribution in [0.25, 0.3) is 0 Å². The van der Waals surface area contributed by atoms with Crippen LogP contribution >= 0.6 is 23.4 Å². The molecule has 0 saturated heterocycles. The molecular weight excluding hydrogens is 245 g/mol. The van der Waals surface area contributed by atoms with Crippen LogP contribution in [0.1, 0.15) is 12.5 Å². The summed E-state index contributed by atoms with van der Waals surface area (Å²) < 4.78 is 37.0. The van der Waals surface area contributed by atoms with E-state index in [1.807, 2.05) is 6.92 Å². The summed E-state index contributed by atoms with van der Waals surface area (Å²) in [5.74, 6) is 0.600. The zero-order chi connectivity index (χ0) is 11.5. The second-order valence-corrected chi connectivity index (χ2v) is 4.96. The van der Waals surface area contributed by atoms with Crippen LogP contribution in [0.5, 0.6) is 0 Å². The molecule has 1 unspecified atom stereocenters. The van der Waals surface area contributed by atoms with E-state index in [1.54, 1.807) is 6.07 Å². The molecule has 0 fully saturated rings. The Morgan fingerprint density at radius 2 is 2.07 bits per heavy atom. The standard InChI is InChI=1S/C10H10ClF3S/c1-7(11)6-15-9-4-2-3-8(5-9)10(12,13)14/h2-5,7H,6H2,1H3. The van der Waals surface area contributed by atoms with Crippen LogP contribution in [0, 0.1) is 0 Å². The van der Waals surface area contributed by atoms with Gasteiger partial charge in [-0.25, -0.2) is 0 Å². The average Bonchev–Trinajstić information content (AvgIpc) is 2.14. The minimum absolute atomic E-state index is 0.0513. The predicted octanol–water partition coefficient (Wildman–Crippen LogP) is 4.42. The van der Waals surface area contributed by atoms with Gasteiger partial charge in [0.05, 0.1) is 5.56 Å². The van der Waals surface area contributed by atoms with Gasteiger partial charge in [-0.2, -0.15) is 13.2 Å². The van der Waals surface area contributed by atoms with Gasteiger partial charge in [-0.15, -0.1) is 23.4 Å². The van der Waals surface area contributed by atoms with E-state index in [0.29, 0.717) is 10.6 Å². The van der Waals surface area contributed by atoms with Gasteiger partial charge in [0, 0.05) is 16.0 Å². The van der Waals surface area contributed by atoms with Crippen LogP contribution < -0.4 is 0 Å². The third-order valence-electron chi connectivity index (χ3n) is 1.64. The predicted molar refractivity (Wildman–Crippen MR) is 57.5 cm³/mol. The Labute approximate surface area is 95.8 Å². The number of thioether (sulfide) groups is 1. The van der Waals surface area contributed by atoms with Crippen molar-refractivity contribution in [1.82, 2.24) is 0 Å². The van der Waals surface area contributed by atoms with E-state index in [4.69, 9.17) is 11.6 Å². The van der Waals surface area contributed by atoms with Crippen LogP contribution in [0.3, 0.4) is 0 Å². The molecule has 0 amide bonds. The smallest absolute Gasteiger partial charge is 0.166 e. The second-order valence-electron chi connectivity index (χ2n) is 3.12. The van der Waals surface area contributed by atoms with Crippen LogP contribution in [0.4, 0.5) is 13.2 Å². The van der Waals surface area contributed by atoms with E-state index >= 15 is 0 Å². The number of hydrogen-bond donors (Lipinski definition) is 0. The van der Waals surface area contributed by atoms with Gasteiger partial charge in [0.2, 0.25) is 0 Å². The Hall–Kier alpha value is -0.350. The molecule has 84 valence electrons. The largest absolute Gasteiger partial charge is 0.416 e. The molecule has 0 saturated carbocycles. The summed E-state index contributed by atoms with van der Waals surface area (Å²) in [6, 6.07) is 5.27. The minimum Gasteiger partial charge on any atom is -0.166 e. The molecule has 15 heavy (non-hydrogen) atoms. The van der Waals surface area contributed by atoms with Gasteiger partial charge in [0.1, 0.15) is 0 Å². The molecule has 0 aromatic heterocycles. The molecule has 1 atom stereocenters. The second kappa shape index (κ2) is 5.12. The van der Waals surface area contributed by atoms with Crippen LogP contribution in [-0.4, -0.2) is 11.1 Å². The monoisotopic (exact) mass is 254 g/mol. The molecule has 0 bridgehead atoms. The highest BCUT2D eigenvalue weighted by atomic mass is 35.5. The Balaban J connectivity index is 2.75. The van der Waals surface area contributed by atoms with Crippen molar-refractivity contribution in [3.8, 4) is 0 Å². The van der Waals surface area contributed by atoms with Gasteiger partial charge in [-0.05, 0) is 25.1 Å². The van der Waals surface area contributed by atoms with Crippen molar-refractivity contribution in [3.05, 3.63) is 29.8 Å². The number of halogens is 4. The lowest BCUT2D eigenvalue weighted by molar-refractivity contribution is -0.137. The van der Waals surface area contributed by atoms with E-state index in [2.05, 4.69) is 0 Å². The highest BCUT2D eigenvalue weighted by molar-refractivity contribution is 7.99. The quantitative estimate of drug-likeness (QED) is 0.568. The van der Waals surface area contributed by atoms with Gasteiger partial charge < -0.3 is 0 Å². The molecular formula is C10H10ClF3S. The number of benzene rings is 1. The van der Waals surface area contributed by atoms with E-state index in [0.717, 1.165) is 12.1 Å². The maximum Gasteiger partial charge on any atom is 0.416 e. The van der Waals surface area contributed by atoms with E-state index in [1.165, 1.54) is 17.8 Å². The third-order valence-corrected chi connectivity index (χ3v) is 3.23. The van der Waals surface area contributed by atoms with Crippen molar-refractivity contribution in [3.63, 3.8) is 0 Å². The molecule has 0 aliphatic carbocycles. The topological polar surface area (TPSA) is 0 Å². The normalized spacial score (nSPS) is 13.9. The summed E-state index contributed by atoms with van der Waals surface area (Å²) in [5, 5.41) is -0.0513. The molecule has 0 aliphatic heterocycles. The van der Waals surface area contributed by atoms with E-state index in [-0.39, 0.29) is 5.38 Å². The number of rotatable bonds is 3. The first-order valence-electron chi connectivity index (χ1n) is 4.33. The van der Waals surface area contributed by atoms with Gasteiger partial charge in [0.15, 0.2) is 0 Å². The van der Waals surface area contributed by atoms with Crippen LogP contribution in [-0.2, 0) is 6.18 Å². The van der Waals surface area contributed by atoms with Gasteiger partial charge in [0.25, 0.3) is 0 Å². The Morgan fingerprint density at radius 1 is 1.40 bits per heavy atom. The molecule has 0 radical (unpaired) electrons. The zero-order valence-electron chi connectivity index (χ0n) is 8.01. The summed E-state index contributed by atoms with van der Waals surface area (Å²) in [4.78, 5) is 0.595. The molecule has 1 rings (SSSR count). The lowest BCUT2D eigenvalue weighted by atomic mass is 10.2. The molecule has 5 heteroatoms. The highest BCUT2D eigenvalue weighted by Crippen LogP contribution is 2.32. The first-order valence-corrected chi connectivity index (χ1v) is 5.76. The summed E-state index contributed by atoms with van der Waals surface area (Å²) in [7, 11) is 0. The SMILES string of the molecule is CC(Cl)CSc1cccc(C(F)(F)F)c1. The third kappa shape index (κ3) is 4.34. The van der Waals surface area contributed by atoms with Crippen LogP contribution in [0.2, 0.25) is 0 Å². The lowest BCUT2D eigenvalue weighted by Gasteiger charge is -2.08. The molecule has 0 aliphatic rings. The molecule has 0 spiro atoms. The zero-order valence-corrected chi connectivity index (χ0v) is 9.59. The van der Waals surface area contributed by atoms with Crippen molar-refractivity contribution in [2.75, 3.05) is 5.75 Å². The molecule has 1 aromatic carbocycles. The van der Waals surface area contributed by atoms with Gasteiger partial charge in [-0.1, -0.05) is 6.07 Å². The average molecular weight is 255 g/mol. The lowest BCUT2D eigenvalue weighted by Crippen LogP contribution is -2.04. The van der Waals surface area contributed by atoms with E-state index in [9.17, 15) is 13.2 Å². The molecule has 0 nitrogen and oxygen atoms in total. The number of alkyl halides is 4. The van der Waals surface area contributed by atoms with Crippen molar-refractivity contribution in [2.24, 2.45) is 0 Å². The van der Waals surface area contributed by atoms with Gasteiger partial charge >= 0.3 is 6.18 Å². The van der Waals surface area contributed by atoms with E-state index < -0.39 is 11.7 Å². The fourth-order valence-electron chi connectivity index (χ4n) is 0.973. The first-order chi connectivity index (χ1) is 6.89. The summed E-state index contributed by atoms with van der Waals surface area (Å²) in [5.41, 5.74) is -0.616. The Morgan fingerprint density at radius 3 is 2.60 bits per heavy atom. The molecule has 0 heterocycles. The number of hydrogen-bond acceptors (Lipinski definition) is 1. The molecule has 1 aromatic rings. The summed E-state index contributed by atoms with van der Waals surface area (Å²) in [6.07, 6.45) is -4.27. The van der Waals surface area contributed by atoms with Crippen molar-refractivity contribution < 1.29 is 13.2 Å². The fraction of sp³-hybridized carbons (Fsp3) is 0.400. The maximum absolute atomic E-state index is 12.3. The molecule has 0 N–H and O–H groups in total. The Bertz CT molecular complexity index is 323. The van der Waals surface area contributed by atoms with Crippen molar-refractivity contribution in [2.45, 2.75) is 23.4 Å². The summed E-state index contributed by atoms with van der Waals surface area (Å²) >= 11 is 7.04. The maximum atomic E-state index is 12.3. The van der Waals surface area contributed by atoms with Crippen molar-refractivity contribution >= 4 is 23.4 Å². The van der Waals surface area contributed by atoms with Crippen molar-refractivity contribution in [1.29, 1.82) is 0 Å². The van der Waals surface area contributed by atoms with Crippen LogP contribution in [0.15, 0.2) is 29.2 Å². The minimum atomic E-state index is -4.27. The van der Waals surface area contributed by atoms with Gasteiger partial charge in [-0.3, -0.25) is 0 Å². The summed E-state index contributed by atoms with van der Waals surface area (Å²) in [6.45, 7) is 1.81. The first kappa shape index (κ1) is 12.7.